The summed E-state index contributed by atoms with van der Waals surface area (Å²) in [7, 11) is 0. The average Bonchev–Trinajstić information content (AvgIpc) is 3.64. The van der Waals surface area contributed by atoms with E-state index < -0.39 is 0 Å². The third kappa shape index (κ3) is 3.55. The predicted molar refractivity (Wildman–Crippen MR) is 132 cm³/mol. The Balaban J connectivity index is 1.19. The summed E-state index contributed by atoms with van der Waals surface area (Å²) in [6.45, 7) is 0. The molecular weight excluding hydrogens is 454 g/mol. The van der Waals surface area contributed by atoms with Crippen molar-refractivity contribution >= 4 is 21.5 Å². The van der Waals surface area contributed by atoms with Crippen LogP contribution in [0.4, 0.5) is 0 Å². The van der Waals surface area contributed by atoms with Crippen LogP contribution in [0.1, 0.15) is 0 Å². The fourth-order valence-electron chi connectivity index (χ4n) is 3.97. The van der Waals surface area contributed by atoms with Crippen LogP contribution in [-0.2, 0) is 0 Å². The molecular formula is C27H15N7O2. The summed E-state index contributed by atoms with van der Waals surface area (Å²) < 4.78 is 11.9. The van der Waals surface area contributed by atoms with Gasteiger partial charge in [-0.05, 0) is 41.8 Å². The van der Waals surface area contributed by atoms with E-state index in [9.17, 15) is 0 Å². The lowest BCUT2D eigenvalue weighted by atomic mass is 10.1. The minimum Gasteiger partial charge on any atom is -0.415 e. The Hall–Kier alpha value is -5.31. The van der Waals surface area contributed by atoms with Crippen LogP contribution in [0.5, 0.6) is 0 Å². The second kappa shape index (κ2) is 8.17. The van der Waals surface area contributed by atoms with Crippen LogP contribution in [-0.4, -0.2) is 35.3 Å². The number of hydrogen-bond acceptors (Lipinski definition) is 9. The summed E-state index contributed by atoms with van der Waals surface area (Å²) in [5, 5.41) is 20.8. The third-order valence-corrected chi connectivity index (χ3v) is 5.80. The quantitative estimate of drug-likeness (QED) is 0.324. The highest BCUT2D eigenvalue weighted by atomic mass is 16.4. The average molecular weight is 469 g/mol. The van der Waals surface area contributed by atoms with Crippen molar-refractivity contribution in [2.24, 2.45) is 0 Å². The Morgan fingerprint density at radius 1 is 0.472 bits per heavy atom. The molecule has 0 bridgehead atoms. The maximum absolute atomic E-state index is 5.94. The largest absolute Gasteiger partial charge is 0.415 e. The van der Waals surface area contributed by atoms with E-state index in [2.05, 4.69) is 35.3 Å². The molecule has 36 heavy (non-hydrogen) atoms. The molecule has 9 nitrogen and oxygen atoms in total. The molecule has 0 N–H and O–H groups in total. The van der Waals surface area contributed by atoms with Crippen LogP contribution >= 0.6 is 0 Å². The van der Waals surface area contributed by atoms with Crippen molar-refractivity contribution in [1.82, 2.24) is 35.3 Å². The maximum atomic E-state index is 5.94. The summed E-state index contributed by atoms with van der Waals surface area (Å²) >= 11 is 0. The first-order valence-electron chi connectivity index (χ1n) is 11.1. The van der Waals surface area contributed by atoms with Crippen molar-refractivity contribution in [2.75, 3.05) is 0 Å². The van der Waals surface area contributed by atoms with Gasteiger partial charge in [-0.2, -0.15) is 0 Å². The van der Waals surface area contributed by atoms with E-state index in [0.717, 1.165) is 32.7 Å². The van der Waals surface area contributed by atoms with Gasteiger partial charge >= 0.3 is 0 Å². The molecule has 0 saturated carbocycles. The number of pyridine rings is 3. The highest BCUT2D eigenvalue weighted by Gasteiger charge is 2.16. The molecule has 0 aliphatic heterocycles. The molecule has 9 heteroatoms. The molecule has 7 rings (SSSR count). The smallest absolute Gasteiger partial charge is 0.266 e. The summed E-state index contributed by atoms with van der Waals surface area (Å²) in [6, 6.07) is 21.2. The number of benzene rings is 2. The second-order valence-electron chi connectivity index (χ2n) is 8.11. The molecule has 0 unspecified atom stereocenters. The molecule has 0 saturated heterocycles. The van der Waals surface area contributed by atoms with Gasteiger partial charge in [0.1, 0.15) is 11.4 Å². The van der Waals surface area contributed by atoms with Crippen molar-refractivity contribution in [3.8, 4) is 46.1 Å². The van der Waals surface area contributed by atoms with Crippen LogP contribution in [0, 0.1) is 0 Å². The molecule has 0 radical (unpaired) electrons. The number of fused-ring (bicyclic) bond motifs is 2. The number of rotatable bonds is 4. The van der Waals surface area contributed by atoms with Gasteiger partial charge in [0.2, 0.25) is 11.8 Å². The number of aromatic nitrogens is 7. The molecule has 0 spiro atoms. The standard InChI is InChI=1S/C27H15N7O2/c1-2-5-19-14-29-22(11-16(19)4-1)26-33-31-24(35-26)17-6-3-7-18(10-17)25-32-34-27(36-25)23-12-21-13-28-9-8-20(21)15-30-23/h1-15H. The van der Waals surface area contributed by atoms with Crippen molar-refractivity contribution in [3.05, 3.63) is 91.5 Å². The number of nitrogens with zero attached hydrogens (tertiary/aromatic N) is 7. The van der Waals surface area contributed by atoms with Gasteiger partial charge in [0.25, 0.3) is 11.8 Å². The molecule has 7 aromatic rings. The molecule has 0 aliphatic carbocycles. The first-order valence-corrected chi connectivity index (χ1v) is 11.1. The molecule has 5 aromatic heterocycles. The first-order chi connectivity index (χ1) is 17.8. The minimum absolute atomic E-state index is 0.323. The van der Waals surface area contributed by atoms with E-state index in [1.807, 2.05) is 66.7 Å². The van der Waals surface area contributed by atoms with Gasteiger partial charge in [0.15, 0.2) is 0 Å². The van der Waals surface area contributed by atoms with E-state index in [1.54, 1.807) is 24.8 Å². The summed E-state index contributed by atoms with van der Waals surface area (Å²) in [5.74, 6) is 1.39. The molecule has 0 amide bonds. The topological polar surface area (TPSA) is 117 Å². The zero-order valence-electron chi connectivity index (χ0n) is 18.6. The van der Waals surface area contributed by atoms with Crippen LogP contribution in [0.3, 0.4) is 0 Å². The van der Waals surface area contributed by atoms with Crippen molar-refractivity contribution in [3.63, 3.8) is 0 Å². The van der Waals surface area contributed by atoms with Gasteiger partial charge in [-0.15, -0.1) is 20.4 Å². The maximum Gasteiger partial charge on any atom is 0.266 e. The van der Waals surface area contributed by atoms with Crippen molar-refractivity contribution in [1.29, 1.82) is 0 Å². The predicted octanol–water partition coefficient (Wildman–Crippen LogP) is 5.61. The van der Waals surface area contributed by atoms with Gasteiger partial charge in [-0.25, -0.2) is 0 Å². The molecule has 2 aromatic carbocycles. The van der Waals surface area contributed by atoms with E-state index >= 15 is 0 Å². The van der Waals surface area contributed by atoms with E-state index in [4.69, 9.17) is 8.83 Å². The molecule has 0 fully saturated rings. The Morgan fingerprint density at radius 2 is 1.06 bits per heavy atom. The Labute approximate surface area is 203 Å². The Kier molecular flexibility index (Phi) is 4.56. The van der Waals surface area contributed by atoms with Gasteiger partial charge < -0.3 is 8.83 Å². The molecule has 0 aliphatic rings. The van der Waals surface area contributed by atoms with Gasteiger partial charge in [0.05, 0.1) is 0 Å². The highest BCUT2D eigenvalue weighted by Crippen LogP contribution is 2.29. The van der Waals surface area contributed by atoms with Gasteiger partial charge in [-0.1, -0.05) is 30.3 Å². The van der Waals surface area contributed by atoms with Gasteiger partial charge in [0, 0.05) is 52.1 Å². The number of hydrogen-bond donors (Lipinski definition) is 0. The molecule has 0 atom stereocenters. The summed E-state index contributed by atoms with van der Waals surface area (Å²) in [5.41, 5.74) is 2.64. The Morgan fingerprint density at radius 3 is 1.75 bits per heavy atom. The fraction of sp³-hybridized carbons (Fsp3) is 0. The van der Waals surface area contributed by atoms with Crippen LogP contribution in [0.15, 0.2) is 100 Å². The zero-order valence-corrected chi connectivity index (χ0v) is 18.6. The normalized spacial score (nSPS) is 11.3. The summed E-state index contributed by atoms with van der Waals surface area (Å²) in [6.07, 6.45) is 7.05. The van der Waals surface area contributed by atoms with Crippen LogP contribution in [0.2, 0.25) is 0 Å². The van der Waals surface area contributed by atoms with E-state index in [-0.39, 0.29) is 0 Å². The lowest BCUT2D eigenvalue weighted by molar-refractivity contribution is 0.580. The third-order valence-electron chi connectivity index (χ3n) is 5.80. The fourth-order valence-corrected chi connectivity index (χ4v) is 3.97. The van der Waals surface area contributed by atoms with E-state index in [0.29, 0.717) is 35.0 Å². The van der Waals surface area contributed by atoms with Crippen molar-refractivity contribution < 1.29 is 8.83 Å². The minimum atomic E-state index is 0.323. The first kappa shape index (κ1) is 20.1. The van der Waals surface area contributed by atoms with Crippen molar-refractivity contribution in [2.45, 2.75) is 0 Å². The van der Waals surface area contributed by atoms with Crippen LogP contribution < -0.4 is 0 Å². The lowest BCUT2D eigenvalue weighted by Crippen LogP contribution is -1.85. The monoisotopic (exact) mass is 469 g/mol. The Bertz CT molecular complexity index is 1740. The zero-order chi connectivity index (χ0) is 23.9. The van der Waals surface area contributed by atoms with Gasteiger partial charge in [-0.3, -0.25) is 15.0 Å². The molecule has 5 heterocycles. The molecule has 170 valence electrons. The highest BCUT2D eigenvalue weighted by molar-refractivity contribution is 5.84. The van der Waals surface area contributed by atoms with E-state index in [1.165, 1.54) is 0 Å². The second-order valence-corrected chi connectivity index (χ2v) is 8.11. The SMILES string of the molecule is c1cc(-c2nnc(-c3cc4ccccc4cn3)o2)cc(-c2nnc(-c3cc4cnccc4cn3)o2)c1. The lowest BCUT2D eigenvalue weighted by Gasteiger charge is -2.00. The summed E-state index contributed by atoms with van der Waals surface area (Å²) in [4.78, 5) is 13.1. The van der Waals surface area contributed by atoms with Crippen LogP contribution in [0.25, 0.3) is 67.6 Å².